The molecule has 9 nitrogen and oxygen atoms in total. The summed E-state index contributed by atoms with van der Waals surface area (Å²) in [5.41, 5.74) is 1.10. The van der Waals surface area contributed by atoms with Gasteiger partial charge in [-0.2, -0.15) is 4.98 Å². The van der Waals surface area contributed by atoms with Crippen molar-refractivity contribution in [3.05, 3.63) is 41.5 Å². The van der Waals surface area contributed by atoms with E-state index in [-0.39, 0.29) is 30.2 Å². The predicted molar refractivity (Wildman–Crippen MR) is 101 cm³/mol. The number of amides is 3. The van der Waals surface area contributed by atoms with Crippen LogP contribution in [0, 0.1) is 12.8 Å². The molecular weight excluding hydrogens is 362 g/mol. The largest absolute Gasteiger partial charge is 0.493 e. The second-order valence-electron chi connectivity index (χ2n) is 6.78. The third-order valence-corrected chi connectivity index (χ3v) is 4.66. The maximum atomic E-state index is 12.4. The molecule has 1 saturated heterocycles. The van der Waals surface area contributed by atoms with Gasteiger partial charge in [0, 0.05) is 26.1 Å². The van der Waals surface area contributed by atoms with Crippen molar-refractivity contribution in [1.29, 1.82) is 0 Å². The molecular formula is C19H25N5O4. The first-order chi connectivity index (χ1) is 13.6. The monoisotopic (exact) mass is 387 g/mol. The summed E-state index contributed by atoms with van der Waals surface area (Å²) in [6.45, 7) is 3.99. The van der Waals surface area contributed by atoms with Crippen molar-refractivity contribution in [3.63, 3.8) is 0 Å². The van der Waals surface area contributed by atoms with Crippen molar-refractivity contribution in [2.24, 2.45) is 5.92 Å². The van der Waals surface area contributed by atoms with Gasteiger partial charge >= 0.3 is 6.03 Å². The van der Waals surface area contributed by atoms with Crippen molar-refractivity contribution >= 4 is 11.9 Å². The molecule has 3 amide bonds. The lowest BCUT2D eigenvalue weighted by molar-refractivity contribution is 0.0949. The zero-order chi connectivity index (χ0) is 19.9. The van der Waals surface area contributed by atoms with E-state index in [2.05, 4.69) is 20.8 Å². The van der Waals surface area contributed by atoms with Crippen molar-refractivity contribution in [2.45, 2.75) is 26.3 Å². The van der Waals surface area contributed by atoms with Gasteiger partial charge in [-0.05, 0) is 31.4 Å². The Kier molecular flexibility index (Phi) is 6.46. The molecule has 1 aliphatic rings. The van der Waals surface area contributed by atoms with Gasteiger partial charge in [-0.15, -0.1) is 0 Å². The zero-order valence-electron chi connectivity index (χ0n) is 16.1. The van der Waals surface area contributed by atoms with Crippen LogP contribution in [0.2, 0.25) is 0 Å². The van der Waals surface area contributed by atoms with E-state index in [0.717, 1.165) is 24.2 Å². The van der Waals surface area contributed by atoms with E-state index in [1.54, 1.807) is 4.90 Å². The quantitative estimate of drug-likeness (QED) is 0.781. The van der Waals surface area contributed by atoms with Gasteiger partial charge < -0.3 is 24.8 Å². The molecule has 2 heterocycles. The van der Waals surface area contributed by atoms with Crippen molar-refractivity contribution in [3.8, 4) is 5.75 Å². The molecule has 1 aromatic heterocycles. The van der Waals surface area contributed by atoms with Crippen LogP contribution in [-0.2, 0) is 6.54 Å². The number of benzene rings is 1. The highest BCUT2D eigenvalue weighted by molar-refractivity contribution is 5.89. The molecule has 2 N–H and O–H groups in total. The summed E-state index contributed by atoms with van der Waals surface area (Å²) >= 11 is 0. The van der Waals surface area contributed by atoms with Gasteiger partial charge in [0.25, 0.3) is 11.7 Å². The molecule has 0 radical (unpaired) electrons. The van der Waals surface area contributed by atoms with E-state index in [9.17, 15) is 9.59 Å². The summed E-state index contributed by atoms with van der Waals surface area (Å²) < 4.78 is 10.9. The minimum Gasteiger partial charge on any atom is -0.493 e. The topological polar surface area (TPSA) is 110 Å². The van der Waals surface area contributed by atoms with Gasteiger partial charge in [0.2, 0.25) is 5.89 Å². The number of carbonyl (C=O) groups excluding carboxylic acids is 2. The van der Waals surface area contributed by atoms with E-state index in [0.29, 0.717) is 19.7 Å². The molecule has 9 heteroatoms. The van der Waals surface area contributed by atoms with Crippen LogP contribution < -0.4 is 15.4 Å². The summed E-state index contributed by atoms with van der Waals surface area (Å²) in [6.07, 6.45) is 1.95. The number of urea groups is 1. The molecule has 0 aliphatic carbocycles. The smallest absolute Gasteiger partial charge is 0.317 e. The van der Waals surface area contributed by atoms with Crippen LogP contribution in [-0.4, -0.2) is 53.7 Å². The van der Waals surface area contributed by atoms with Crippen LogP contribution in [0.5, 0.6) is 5.75 Å². The van der Waals surface area contributed by atoms with Crippen LogP contribution >= 0.6 is 0 Å². The number of nitrogens with zero attached hydrogens (tertiary/aromatic N) is 3. The number of ether oxygens (including phenoxy) is 1. The van der Waals surface area contributed by atoms with Crippen LogP contribution in [0.25, 0.3) is 0 Å². The average molecular weight is 387 g/mol. The van der Waals surface area contributed by atoms with Crippen molar-refractivity contribution < 1.29 is 18.8 Å². The van der Waals surface area contributed by atoms with Gasteiger partial charge in [-0.1, -0.05) is 23.4 Å². The molecule has 0 saturated carbocycles. The first kappa shape index (κ1) is 19.7. The van der Waals surface area contributed by atoms with Crippen LogP contribution in [0.3, 0.4) is 0 Å². The first-order valence-electron chi connectivity index (χ1n) is 9.32. The molecule has 0 spiro atoms. The number of piperidine rings is 1. The molecule has 0 unspecified atom stereocenters. The molecule has 2 aromatic rings. The summed E-state index contributed by atoms with van der Waals surface area (Å²) in [5, 5.41) is 8.74. The maximum absolute atomic E-state index is 12.4. The van der Waals surface area contributed by atoms with E-state index in [1.807, 2.05) is 31.2 Å². The van der Waals surface area contributed by atoms with E-state index in [4.69, 9.17) is 9.26 Å². The van der Waals surface area contributed by atoms with Gasteiger partial charge in [0.1, 0.15) is 5.75 Å². The number of hydrogen-bond acceptors (Lipinski definition) is 6. The van der Waals surface area contributed by atoms with Gasteiger partial charge in [0.15, 0.2) is 0 Å². The zero-order valence-corrected chi connectivity index (χ0v) is 16.1. The summed E-state index contributed by atoms with van der Waals surface area (Å²) in [4.78, 5) is 29.6. The van der Waals surface area contributed by atoms with Gasteiger partial charge in [-0.3, -0.25) is 4.79 Å². The number of aryl methyl sites for hydroxylation is 1. The third kappa shape index (κ3) is 4.99. The number of carbonyl (C=O) groups is 2. The van der Waals surface area contributed by atoms with E-state index < -0.39 is 5.91 Å². The summed E-state index contributed by atoms with van der Waals surface area (Å²) in [5.74, 6) is 0.852. The Labute approximate surface area is 163 Å². The number of aromatic nitrogens is 2. The second kappa shape index (κ2) is 9.20. The Morgan fingerprint density at radius 1 is 1.36 bits per heavy atom. The van der Waals surface area contributed by atoms with Crippen LogP contribution in [0.1, 0.15) is 34.9 Å². The molecule has 150 valence electrons. The van der Waals surface area contributed by atoms with E-state index in [1.165, 1.54) is 7.05 Å². The van der Waals surface area contributed by atoms with Crippen LogP contribution in [0.15, 0.2) is 28.8 Å². The summed E-state index contributed by atoms with van der Waals surface area (Å²) in [7, 11) is 1.48. The number of likely N-dealkylation sites (tertiary alicyclic amines) is 1. The number of rotatable bonds is 6. The molecule has 3 rings (SSSR count). The van der Waals surface area contributed by atoms with Crippen molar-refractivity contribution in [1.82, 2.24) is 25.7 Å². The summed E-state index contributed by atoms with van der Waals surface area (Å²) in [6, 6.07) is 7.72. The van der Waals surface area contributed by atoms with E-state index >= 15 is 0 Å². The highest BCUT2D eigenvalue weighted by atomic mass is 16.5. The molecule has 1 aliphatic heterocycles. The molecule has 28 heavy (non-hydrogen) atoms. The molecule has 1 atom stereocenters. The lowest BCUT2D eigenvalue weighted by Gasteiger charge is -2.32. The van der Waals surface area contributed by atoms with Gasteiger partial charge in [-0.25, -0.2) is 4.79 Å². The number of nitrogens with one attached hydrogen (secondary N) is 2. The van der Waals surface area contributed by atoms with Crippen molar-refractivity contribution in [2.75, 3.05) is 26.7 Å². The highest BCUT2D eigenvalue weighted by Crippen LogP contribution is 2.21. The number of hydrogen-bond donors (Lipinski definition) is 2. The Morgan fingerprint density at radius 3 is 2.96 bits per heavy atom. The fraction of sp³-hybridized carbons (Fsp3) is 0.474. The Morgan fingerprint density at radius 2 is 2.18 bits per heavy atom. The Balaban J connectivity index is 1.47. The lowest BCUT2D eigenvalue weighted by Crippen LogP contribution is -2.46. The third-order valence-electron chi connectivity index (χ3n) is 4.66. The average Bonchev–Trinajstić information content (AvgIpc) is 3.20. The van der Waals surface area contributed by atoms with Crippen LogP contribution in [0.4, 0.5) is 4.79 Å². The second-order valence-corrected chi connectivity index (χ2v) is 6.78. The standard InChI is InChI=1S/C19H25N5O4/c1-13-6-3-4-8-15(13)27-12-14-7-5-9-24(11-14)19(26)21-10-16-22-17(23-28-16)18(25)20-2/h3-4,6,8,14H,5,7,9-12H2,1-2H3,(H,20,25)(H,21,26)/t14-/m1/s1. The fourth-order valence-corrected chi connectivity index (χ4v) is 3.11. The SMILES string of the molecule is CNC(=O)c1noc(CNC(=O)N2CCC[C@@H](COc3ccccc3C)C2)n1. The lowest BCUT2D eigenvalue weighted by atomic mass is 9.99. The molecule has 0 bridgehead atoms. The Hall–Kier alpha value is -3.10. The van der Waals surface area contributed by atoms with Gasteiger partial charge in [0.05, 0.1) is 13.2 Å². The normalized spacial score (nSPS) is 16.5. The fourth-order valence-electron chi connectivity index (χ4n) is 3.11. The molecule has 1 fully saturated rings. The minimum atomic E-state index is -0.436. The molecule has 1 aromatic carbocycles. The predicted octanol–water partition coefficient (Wildman–Crippen LogP) is 1.74. The minimum absolute atomic E-state index is 0.0573. The first-order valence-corrected chi connectivity index (χ1v) is 9.32. The number of para-hydroxylation sites is 1. The highest BCUT2D eigenvalue weighted by Gasteiger charge is 2.24. The maximum Gasteiger partial charge on any atom is 0.317 e. The Bertz CT molecular complexity index is 822.